The quantitative estimate of drug-likeness (QED) is 0.852. The van der Waals surface area contributed by atoms with Crippen molar-refractivity contribution in [2.24, 2.45) is 5.92 Å². The SMILES string of the molecule is Clc1cc2c(s1)CCC2NCCC1CCC1. The summed E-state index contributed by atoms with van der Waals surface area (Å²) in [5.74, 6) is 1.01. The van der Waals surface area contributed by atoms with Gasteiger partial charge in [-0.2, -0.15) is 0 Å². The number of hydrogen-bond acceptors (Lipinski definition) is 2. The lowest BCUT2D eigenvalue weighted by molar-refractivity contribution is 0.287. The Bertz CT molecular complexity index is 370. The predicted molar refractivity (Wildman–Crippen MR) is 70.4 cm³/mol. The van der Waals surface area contributed by atoms with E-state index < -0.39 is 0 Å². The van der Waals surface area contributed by atoms with Crippen molar-refractivity contribution in [3.63, 3.8) is 0 Å². The first-order valence-electron chi connectivity index (χ1n) is 6.34. The summed E-state index contributed by atoms with van der Waals surface area (Å²) in [6.07, 6.45) is 8.22. The molecule has 0 saturated heterocycles. The van der Waals surface area contributed by atoms with Crippen molar-refractivity contribution in [2.45, 2.75) is 44.6 Å². The second-order valence-electron chi connectivity index (χ2n) is 5.06. The molecule has 0 aliphatic heterocycles. The minimum absolute atomic E-state index is 0.582. The summed E-state index contributed by atoms with van der Waals surface area (Å²) >= 11 is 7.81. The van der Waals surface area contributed by atoms with Crippen molar-refractivity contribution in [1.82, 2.24) is 5.32 Å². The fourth-order valence-corrected chi connectivity index (χ4v) is 4.14. The highest BCUT2D eigenvalue weighted by Gasteiger charge is 2.25. The van der Waals surface area contributed by atoms with E-state index in [1.54, 1.807) is 11.3 Å². The normalized spacial score (nSPS) is 24.4. The Morgan fingerprint density at radius 2 is 2.25 bits per heavy atom. The zero-order valence-electron chi connectivity index (χ0n) is 9.47. The number of rotatable bonds is 4. The third kappa shape index (κ3) is 2.15. The summed E-state index contributed by atoms with van der Waals surface area (Å²) in [7, 11) is 0. The maximum atomic E-state index is 6.05. The van der Waals surface area contributed by atoms with Crippen LogP contribution in [0.15, 0.2) is 6.07 Å². The van der Waals surface area contributed by atoms with Crippen LogP contribution in [0.5, 0.6) is 0 Å². The Hall–Kier alpha value is -0.0500. The van der Waals surface area contributed by atoms with Crippen LogP contribution in [-0.2, 0) is 6.42 Å². The van der Waals surface area contributed by atoms with E-state index in [9.17, 15) is 0 Å². The molecule has 1 aromatic heterocycles. The van der Waals surface area contributed by atoms with Gasteiger partial charge in [0.05, 0.1) is 4.34 Å². The Balaban J connectivity index is 1.52. The highest BCUT2D eigenvalue weighted by atomic mass is 35.5. The first-order valence-corrected chi connectivity index (χ1v) is 7.54. The third-order valence-corrected chi connectivity index (χ3v) is 5.35. The standard InChI is InChI=1S/C13H18ClNS/c14-13-8-10-11(4-5-12(10)16-13)15-7-6-9-2-1-3-9/h8-9,11,15H,1-7H2. The summed E-state index contributed by atoms with van der Waals surface area (Å²) in [5.41, 5.74) is 1.48. The molecule has 0 aromatic carbocycles. The van der Waals surface area contributed by atoms with Crippen molar-refractivity contribution in [3.05, 3.63) is 20.8 Å². The first-order chi connectivity index (χ1) is 7.83. The first kappa shape index (κ1) is 11.1. The number of halogens is 1. The molecule has 1 nitrogen and oxygen atoms in total. The molecule has 0 amide bonds. The molecular formula is C13H18ClNS. The number of aryl methyl sites for hydroxylation is 1. The molecule has 1 N–H and O–H groups in total. The summed E-state index contributed by atoms with van der Waals surface area (Å²) in [6.45, 7) is 1.18. The zero-order valence-corrected chi connectivity index (χ0v) is 11.0. The smallest absolute Gasteiger partial charge is 0.0934 e. The molecule has 1 heterocycles. The van der Waals surface area contributed by atoms with Crippen LogP contribution < -0.4 is 5.32 Å². The van der Waals surface area contributed by atoms with Crippen LogP contribution in [0.1, 0.15) is 48.6 Å². The van der Waals surface area contributed by atoms with Gasteiger partial charge >= 0.3 is 0 Å². The van der Waals surface area contributed by atoms with Crippen molar-refractivity contribution in [1.29, 1.82) is 0 Å². The van der Waals surface area contributed by atoms with Crippen molar-refractivity contribution in [3.8, 4) is 0 Å². The van der Waals surface area contributed by atoms with Gasteiger partial charge in [-0.25, -0.2) is 0 Å². The monoisotopic (exact) mass is 255 g/mol. The fourth-order valence-electron chi connectivity index (χ4n) is 2.79. The minimum atomic E-state index is 0.582. The lowest BCUT2D eigenvalue weighted by Gasteiger charge is -2.26. The van der Waals surface area contributed by atoms with E-state index in [1.165, 1.54) is 55.5 Å². The summed E-state index contributed by atoms with van der Waals surface area (Å²) in [6, 6.07) is 2.74. The van der Waals surface area contributed by atoms with E-state index >= 15 is 0 Å². The molecule has 3 heteroatoms. The molecule has 2 aliphatic carbocycles. The van der Waals surface area contributed by atoms with Gasteiger partial charge in [-0.3, -0.25) is 0 Å². The van der Waals surface area contributed by atoms with Crippen molar-refractivity contribution >= 4 is 22.9 Å². The van der Waals surface area contributed by atoms with Crippen LogP contribution in [0, 0.1) is 5.92 Å². The lowest BCUT2D eigenvalue weighted by atomic mass is 9.83. The number of fused-ring (bicyclic) bond motifs is 1. The molecule has 1 atom stereocenters. The second-order valence-corrected chi connectivity index (χ2v) is 6.83. The number of thiophene rings is 1. The van der Waals surface area contributed by atoms with Crippen LogP contribution in [0.4, 0.5) is 0 Å². The highest BCUT2D eigenvalue weighted by molar-refractivity contribution is 7.16. The third-order valence-electron chi connectivity index (χ3n) is 4.02. The van der Waals surface area contributed by atoms with Gasteiger partial charge in [-0.15, -0.1) is 11.3 Å². The molecule has 0 spiro atoms. The van der Waals surface area contributed by atoms with Crippen LogP contribution >= 0.6 is 22.9 Å². The van der Waals surface area contributed by atoms with Gasteiger partial charge in [-0.05, 0) is 43.4 Å². The van der Waals surface area contributed by atoms with Gasteiger partial charge in [0.2, 0.25) is 0 Å². The van der Waals surface area contributed by atoms with Crippen LogP contribution in [0.25, 0.3) is 0 Å². The highest BCUT2D eigenvalue weighted by Crippen LogP contribution is 2.39. The van der Waals surface area contributed by atoms with Crippen LogP contribution in [-0.4, -0.2) is 6.54 Å². The van der Waals surface area contributed by atoms with Crippen LogP contribution in [0.2, 0.25) is 4.34 Å². The lowest BCUT2D eigenvalue weighted by Crippen LogP contribution is -2.24. The Morgan fingerprint density at radius 3 is 3.00 bits per heavy atom. The topological polar surface area (TPSA) is 12.0 Å². The van der Waals surface area contributed by atoms with Crippen molar-refractivity contribution < 1.29 is 0 Å². The Labute approximate surface area is 106 Å². The van der Waals surface area contributed by atoms with Gasteiger partial charge in [0.25, 0.3) is 0 Å². The molecule has 3 rings (SSSR count). The van der Waals surface area contributed by atoms with E-state index in [0.717, 1.165) is 10.3 Å². The molecule has 88 valence electrons. The molecular weight excluding hydrogens is 238 g/mol. The maximum absolute atomic E-state index is 6.05. The van der Waals surface area contributed by atoms with Gasteiger partial charge in [-0.1, -0.05) is 30.9 Å². The summed E-state index contributed by atoms with van der Waals surface area (Å²) in [5, 5.41) is 3.70. The van der Waals surface area contributed by atoms with Gasteiger partial charge in [0, 0.05) is 10.9 Å². The molecule has 2 aliphatic rings. The Kier molecular flexibility index (Phi) is 3.23. The molecule has 1 saturated carbocycles. The molecule has 1 fully saturated rings. The van der Waals surface area contributed by atoms with E-state index in [0.29, 0.717) is 6.04 Å². The van der Waals surface area contributed by atoms with Gasteiger partial charge < -0.3 is 5.32 Å². The molecule has 16 heavy (non-hydrogen) atoms. The zero-order chi connectivity index (χ0) is 11.0. The molecule has 1 aromatic rings. The van der Waals surface area contributed by atoms with Gasteiger partial charge in [0.1, 0.15) is 0 Å². The number of nitrogens with one attached hydrogen (secondary N) is 1. The minimum Gasteiger partial charge on any atom is -0.310 e. The molecule has 1 unspecified atom stereocenters. The second kappa shape index (κ2) is 4.67. The summed E-state index contributed by atoms with van der Waals surface area (Å²) < 4.78 is 0.954. The predicted octanol–water partition coefficient (Wildman–Crippen LogP) is 4.17. The molecule has 0 radical (unpaired) electrons. The van der Waals surface area contributed by atoms with Gasteiger partial charge in [0.15, 0.2) is 0 Å². The Morgan fingerprint density at radius 1 is 1.38 bits per heavy atom. The largest absolute Gasteiger partial charge is 0.310 e. The maximum Gasteiger partial charge on any atom is 0.0934 e. The summed E-state index contributed by atoms with van der Waals surface area (Å²) in [4.78, 5) is 1.51. The number of hydrogen-bond donors (Lipinski definition) is 1. The average molecular weight is 256 g/mol. The van der Waals surface area contributed by atoms with E-state index in [1.807, 2.05) is 0 Å². The van der Waals surface area contributed by atoms with E-state index in [4.69, 9.17) is 11.6 Å². The van der Waals surface area contributed by atoms with E-state index in [2.05, 4.69) is 11.4 Å². The van der Waals surface area contributed by atoms with Crippen molar-refractivity contribution in [2.75, 3.05) is 6.54 Å². The molecule has 0 bridgehead atoms. The average Bonchev–Trinajstić information content (AvgIpc) is 2.70. The van der Waals surface area contributed by atoms with E-state index in [-0.39, 0.29) is 0 Å². The van der Waals surface area contributed by atoms with Crippen LogP contribution in [0.3, 0.4) is 0 Å². The fraction of sp³-hybridized carbons (Fsp3) is 0.692.